The van der Waals surface area contributed by atoms with Crippen molar-refractivity contribution in [3.8, 4) is 0 Å². The van der Waals surface area contributed by atoms with E-state index in [4.69, 9.17) is 18.8 Å². The first-order chi connectivity index (χ1) is 8.81. The zero-order valence-electron chi connectivity index (χ0n) is 10.4. The fourth-order valence-corrected chi connectivity index (χ4v) is 2.00. The van der Waals surface area contributed by atoms with Crippen molar-refractivity contribution in [1.82, 2.24) is 4.98 Å². The van der Waals surface area contributed by atoms with Gasteiger partial charge in [-0.05, 0) is 26.0 Å². The minimum Gasteiger partial charge on any atom is -0.411 e. The summed E-state index contributed by atoms with van der Waals surface area (Å²) in [6, 6.07) is 5.33. The molecule has 0 amide bonds. The Balaban J connectivity index is 2.54. The van der Waals surface area contributed by atoms with Crippen LogP contribution in [0.4, 0.5) is 0 Å². The Morgan fingerprint density at radius 3 is 2.50 bits per heavy atom. The molecule has 0 aliphatic rings. The van der Waals surface area contributed by atoms with E-state index in [-0.39, 0.29) is 6.61 Å². The number of hydrogen-bond donors (Lipinski definition) is 1. The van der Waals surface area contributed by atoms with Crippen LogP contribution in [0.2, 0.25) is 0 Å². The predicted octanol–water partition coefficient (Wildman–Crippen LogP) is 2.58. The first-order valence-electron chi connectivity index (χ1n) is 5.63. The van der Waals surface area contributed by atoms with Gasteiger partial charge >= 0.3 is 8.60 Å². The van der Waals surface area contributed by atoms with E-state index in [1.54, 1.807) is 24.4 Å². The fraction of sp³-hybridized carbons (Fsp3) is 0.455. The molecule has 0 aromatic carbocycles. The Morgan fingerprint density at radius 1 is 1.28 bits per heavy atom. The van der Waals surface area contributed by atoms with E-state index in [0.717, 1.165) is 0 Å². The largest absolute Gasteiger partial charge is 0.411 e. The molecule has 1 N–H and O–H groups in total. The van der Waals surface area contributed by atoms with Crippen molar-refractivity contribution >= 4 is 14.3 Å². The lowest BCUT2D eigenvalue weighted by Crippen LogP contribution is -2.11. The second-order valence-corrected chi connectivity index (χ2v) is 4.32. The molecule has 0 aliphatic carbocycles. The van der Waals surface area contributed by atoms with Crippen molar-refractivity contribution in [2.24, 2.45) is 5.16 Å². The van der Waals surface area contributed by atoms with Crippen LogP contribution in [0.3, 0.4) is 0 Å². The van der Waals surface area contributed by atoms with Crippen LogP contribution in [0.15, 0.2) is 29.6 Å². The van der Waals surface area contributed by atoms with Crippen LogP contribution in [-0.2, 0) is 13.6 Å². The third-order valence-electron chi connectivity index (χ3n) is 1.86. The standard InChI is InChI=1S/C11H17N2O4P/c1-3-15-18(16-4-2)17-9-11(13-14)10-7-5-6-8-12-10/h5-8,14H,3-4,9H2,1-2H3. The quantitative estimate of drug-likeness (QED) is 0.341. The maximum atomic E-state index is 8.95. The molecule has 1 heterocycles. The lowest BCUT2D eigenvalue weighted by molar-refractivity contribution is 0.184. The lowest BCUT2D eigenvalue weighted by atomic mass is 10.2. The summed E-state index contributed by atoms with van der Waals surface area (Å²) >= 11 is 0. The number of pyridine rings is 1. The van der Waals surface area contributed by atoms with E-state index in [9.17, 15) is 0 Å². The summed E-state index contributed by atoms with van der Waals surface area (Å²) in [7, 11) is -1.41. The van der Waals surface area contributed by atoms with Crippen LogP contribution >= 0.6 is 8.60 Å². The highest BCUT2D eigenvalue weighted by Gasteiger charge is 2.14. The number of oxime groups is 1. The van der Waals surface area contributed by atoms with Crippen molar-refractivity contribution in [3.05, 3.63) is 30.1 Å². The van der Waals surface area contributed by atoms with E-state index >= 15 is 0 Å². The minimum atomic E-state index is -1.41. The molecule has 7 heteroatoms. The zero-order valence-corrected chi connectivity index (χ0v) is 11.3. The van der Waals surface area contributed by atoms with Crippen LogP contribution < -0.4 is 0 Å². The van der Waals surface area contributed by atoms with Gasteiger partial charge in [0.15, 0.2) is 0 Å². The molecular formula is C11H17N2O4P. The third kappa shape index (κ3) is 5.06. The average molecular weight is 272 g/mol. The van der Waals surface area contributed by atoms with Gasteiger partial charge < -0.3 is 18.8 Å². The van der Waals surface area contributed by atoms with E-state index in [1.165, 1.54) is 0 Å². The molecule has 0 saturated heterocycles. The molecule has 18 heavy (non-hydrogen) atoms. The minimum absolute atomic E-state index is 0.0826. The van der Waals surface area contributed by atoms with Crippen molar-refractivity contribution < 1.29 is 18.8 Å². The van der Waals surface area contributed by atoms with E-state index in [1.807, 2.05) is 13.8 Å². The molecule has 0 saturated carbocycles. The summed E-state index contributed by atoms with van der Waals surface area (Å²) < 4.78 is 16.0. The zero-order chi connectivity index (χ0) is 13.2. The number of nitrogens with zero attached hydrogens (tertiary/aromatic N) is 2. The van der Waals surface area contributed by atoms with Gasteiger partial charge in [0.1, 0.15) is 12.3 Å². The molecule has 0 radical (unpaired) electrons. The van der Waals surface area contributed by atoms with E-state index in [0.29, 0.717) is 24.6 Å². The highest BCUT2D eigenvalue weighted by Crippen LogP contribution is 2.39. The molecular weight excluding hydrogens is 255 g/mol. The predicted molar refractivity (Wildman–Crippen MR) is 68.7 cm³/mol. The van der Waals surface area contributed by atoms with Gasteiger partial charge in [-0.15, -0.1) is 0 Å². The molecule has 0 bridgehead atoms. The van der Waals surface area contributed by atoms with Gasteiger partial charge in [0, 0.05) is 6.20 Å². The molecule has 0 spiro atoms. The van der Waals surface area contributed by atoms with Gasteiger partial charge in [0.25, 0.3) is 0 Å². The molecule has 0 atom stereocenters. The van der Waals surface area contributed by atoms with Crippen LogP contribution in [0.1, 0.15) is 19.5 Å². The smallest absolute Gasteiger partial charge is 0.333 e. The SMILES string of the molecule is CCOP(OCC)OCC(=NO)c1ccccn1. The highest BCUT2D eigenvalue weighted by molar-refractivity contribution is 7.41. The van der Waals surface area contributed by atoms with Crippen molar-refractivity contribution in [2.45, 2.75) is 13.8 Å². The van der Waals surface area contributed by atoms with Gasteiger partial charge in [-0.1, -0.05) is 11.2 Å². The van der Waals surface area contributed by atoms with Gasteiger partial charge in [0.2, 0.25) is 0 Å². The Labute approximate surface area is 108 Å². The van der Waals surface area contributed by atoms with Crippen molar-refractivity contribution in [3.63, 3.8) is 0 Å². The fourth-order valence-electron chi connectivity index (χ4n) is 1.12. The monoisotopic (exact) mass is 272 g/mol. The molecule has 0 aliphatic heterocycles. The van der Waals surface area contributed by atoms with Gasteiger partial charge in [-0.25, -0.2) is 0 Å². The lowest BCUT2D eigenvalue weighted by Gasteiger charge is -2.14. The second-order valence-electron chi connectivity index (χ2n) is 3.09. The molecule has 6 nitrogen and oxygen atoms in total. The second kappa shape index (κ2) is 8.94. The first kappa shape index (κ1) is 15.0. The third-order valence-corrected chi connectivity index (χ3v) is 3.13. The molecule has 0 unspecified atom stereocenters. The molecule has 1 rings (SSSR count). The van der Waals surface area contributed by atoms with Crippen molar-refractivity contribution in [1.29, 1.82) is 0 Å². The topological polar surface area (TPSA) is 73.2 Å². The number of aromatic nitrogens is 1. The van der Waals surface area contributed by atoms with Crippen LogP contribution in [0, 0.1) is 0 Å². The summed E-state index contributed by atoms with van der Waals surface area (Å²) in [5.74, 6) is 0. The van der Waals surface area contributed by atoms with Gasteiger partial charge in [-0.2, -0.15) is 0 Å². The van der Waals surface area contributed by atoms with Crippen molar-refractivity contribution in [2.75, 3.05) is 19.8 Å². The Kier molecular flexibility index (Phi) is 7.44. The maximum Gasteiger partial charge on any atom is 0.333 e. The molecule has 1 aromatic heterocycles. The van der Waals surface area contributed by atoms with E-state index in [2.05, 4.69) is 10.1 Å². The van der Waals surface area contributed by atoms with E-state index < -0.39 is 8.60 Å². The summed E-state index contributed by atoms with van der Waals surface area (Å²) in [5, 5.41) is 12.1. The normalized spacial score (nSPS) is 12.1. The van der Waals surface area contributed by atoms with Gasteiger partial charge in [-0.3, -0.25) is 4.98 Å². The van der Waals surface area contributed by atoms with Crippen LogP contribution in [-0.4, -0.2) is 35.7 Å². The maximum absolute atomic E-state index is 8.95. The number of rotatable bonds is 8. The summed E-state index contributed by atoms with van der Waals surface area (Å²) in [4.78, 5) is 4.07. The Morgan fingerprint density at radius 2 is 2.00 bits per heavy atom. The summed E-state index contributed by atoms with van der Waals surface area (Å²) in [5.41, 5.74) is 0.894. The Hall–Kier alpha value is -1.07. The summed E-state index contributed by atoms with van der Waals surface area (Å²) in [6.07, 6.45) is 1.62. The average Bonchev–Trinajstić information content (AvgIpc) is 2.41. The van der Waals surface area contributed by atoms with Crippen LogP contribution in [0.5, 0.6) is 0 Å². The summed E-state index contributed by atoms with van der Waals surface area (Å²) in [6.45, 7) is 4.80. The highest BCUT2D eigenvalue weighted by atomic mass is 31.2. The number of hydrogen-bond acceptors (Lipinski definition) is 6. The molecule has 1 aromatic rings. The van der Waals surface area contributed by atoms with Crippen LogP contribution in [0.25, 0.3) is 0 Å². The molecule has 0 fully saturated rings. The van der Waals surface area contributed by atoms with Gasteiger partial charge in [0.05, 0.1) is 18.9 Å². The molecule has 100 valence electrons. The first-order valence-corrected chi connectivity index (χ1v) is 6.72. The Bertz CT molecular complexity index is 355.